The Balaban J connectivity index is 1.74. The number of nitrogens with zero attached hydrogens (tertiary/aromatic N) is 3. The molecule has 1 N–H and O–H groups in total. The molecule has 1 aliphatic carbocycles. The SMILES string of the molecule is CCn1cnnc1SCC(=O)Nc1sc2c(c1C(=O)OC)CC[C@@H](C)C2. The zero-order chi connectivity index (χ0) is 18.7. The maximum absolute atomic E-state index is 12.4. The summed E-state index contributed by atoms with van der Waals surface area (Å²) in [6.45, 7) is 4.95. The van der Waals surface area contributed by atoms with E-state index in [1.165, 1.54) is 35.1 Å². The van der Waals surface area contributed by atoms with Crippen molar-refractivity contribution in [3.05, 3.63) is 22.3 Å². The van der Waals surface area contributed by atoms with Crippen LogP contribution in [0.15, 0.2) is 11.5 Å². The van der Waals surface area contributed by atoms with Gasteiger partial charge in [-0.2, -0.15) is 0 Å². The summed E-state index contributed by atoms with van der Waals surface area (Å²) in [6.07, 6.45) is 4.48. The van der Waals surface area contributed by atoms with E-state index in [0.717, 1.165) is 31.4 Å². The Morgan fingerprint density at radius 3 is 3.04 bits per heavy atom. The van der Waals surface area contributed by atoms with Crippen LogP contribution in [0, 0.1) is 5.92 Å². The van der Waals surface area contributed by atoms with Crippen LogP contribution in [0.1, 0.15) is 41.1 Å². The van der Waals surface area contributed by atoms with Gasteiger partial charge < -0.3 is 14.6 Å². The number of methoxy groups -OCH3 is 1. The van der Waals surface area contributed by atoms with Crippen LogP contribution in [0.3, 0.4) is 0 Å². The molecule has 9 heteroatoms. The Morgan fingerprint density at radius 2 is 2.31 bits per heavy atom. The molecular formula is C17H22N4O3S2. The molecule has 0 unspecified atom stereocenters. The van der Waals surface area contributed by atoms with Crippen molar-refractivity contribution in [1.29, 1.82) is 0 Å². The van der Waals surface area contributed by atoms with E-state index in [0.29, 0.717) is 21.6 Å². The lowest BCUT2D eigenvalue weighted by molar-refractivity contribution is -0.113. The zero-order valence-electron chi connectivity index (χ0n) is 15.1. The molecule has 2 heterocycles. The number of fused-ring (bicyclic) bond motifs is 1. The molecular weight excluding hydrogens is 372 g/mol. The van der Waals surface area contributed by atoms with Gasteiger partial charge in [-0.3, -0.25) is 4.79 Å². The van der Waals surface area contributed by atoms with Crippen LogP contribution in [0.4, 0.5) is 5.00 Å². The Labute approximate surface area is 160 Å². The summed E-state index contributed by atoms with van der Waals surface area (Å²) < 4.78 is 6.83. The molecule has 3 rings (SSSR count). The van der Waals surface area contributed by atoms with Gasteiger partial charge in [-0.25, -0.2) is 4.79 Å². The van der Waals surface area contributed by atoms with E-state index in [4.69, 9.17) is 4.74 Å². The summed E-state index contributed by atoms with van der Waals surface area (Å²) in [5, 5.41) is 12.1. The van der Waals surface area contributed by atoms with Gasteiger partial charge in [0.05, 0.1) is 18.4 Å². The lowest BCUT2D eigenvalue weighted by atomic mass is 9.88. The first-order valence-corrected chi connectivity index (χ1v) is 10.4. The highest BCUT2D eigenvalue weighted by molar-refractivity contribution is 7.99. The molecule has 0 bridgehead atoms. The predicted molar refractivity (Wildman–Crippen MR) is 102 cm³/mol. The van der Waals surface area contributed by atoms with E-state index in [1.807, 2.05) is 11.5 Å². The third kappa shape index (κ3) is 3.93. The molecule has 140 valence electrons. The molecule has 2 aromatic rings. The highest BCUT2D eigenvalue weighted by Gasteiger charge is 2.28. The van der Waals surface area contributed by atoms with E-state index in [1.54, 1.807) is 6.33 Å². The maximum Gasteiger partial charge on any atom is 0.341 e. The van der Waals surface area contributed by atoms with E-state index in [9.17, 15) is 9.59 Å². The third-order valence-corrected chi connectivity index (χ3v) is 6.56. The second-order valence-corrected chi connectivity index (χ2v) is 8.33. The predicted octanol–water partition coefficient (Wildman–Crippen LogP) is 3.00. The van der Waals surface area contributed by atoms with Gasteiger partial charge >= 0.3 is 5.97 Å². The Hall–Kier alpha value is -1.87. The fourth-order valence-corrected chi connectivity index (χ4v) is 5.22. The summed E-state index contributed by atoms with van der Waals surface area (Å²) in [7, 11) is 1.37. The number of ether oxygens (including phenoxy) is 1. The molecule has 0 aliphatic heterocycles. The van der Waals surface area contributed by atoms with Crippen LogP contribution < -0.4 is 5.32 Å². The van der Waals surface area contributed by atoms with Crippen LogP contribution >= 0.6 is 23.1 Å². The normalized spacial score (nSPS) is 16.2. The van der Waals surface area contributed by atoms with Crippen molar-refractivity contribution in [2.75, 3.05) is 18.2 Å². The van der Waals surface area contributed by atoms with Crippen LogP contribution in [0.5, 0.6) is 0 Å². The number of thiophene rings is 1. The molecule has 7 nitrogen and oxygen atoms in total. The number of esters is 1. The fraction of sp³-hybridized carbons (Fsp3) is 0.529. The first-order valence-electron chi connectivity index (χ1n) is 8.56. The second-order valence-electron chi connectivity index (χ2n) is 6.28. The molecule has 0 saturated carbocycles. The largest absolute Gasteiger partial charge is 0.465 e. The minimum Gasteiger partial charge on any atom is -0.465 e. The standard InChI is InChI=1S/C17H22N4O3S2/c1-4-21-9-18-20-17(21)25-8-13(22)19-15-14(16(23)24-3)11-6-5-10(2)7-12(11)26-15/h9-10H,4-8H2,1-3H3,(H,19,22)/t10-/m1/s1. The van der Waals surface area contributed by atoms with Gasteiger partial charge in [-0.15, -0.1) is 21.5 Å². The average molecular weight is 395 g/mol. The zero-order valence-corrected chi connectivity index (χ0v) is 16.7. The number of nitrogens with one attached hydrogen (secondary N) is 1. The number of anilines is 1. The number of aromatic nitrogens is 3. The van der Waals surface area contributed by atoms with Gasteiger partial charge in [0, 0.05) is 11.4 Å². The van der Waals surface area contributed by atoms with Crippen LogP contribution in [0.2, 0.25) is 0 Å². The van der Waals surface area contributed by atoms with E-state index < -0.39 is 0 Å². The van der Waals surface area contributed by atoms with Crippen LogP contribution in [0.25, 0.3) is 0 Å². The van der Waals surface area contributed by atoms with Gasteiger partial charge in [0.2, 0.25) is 5.91 Å². The molecule has 1 amide bonds. The number of carbonyl (C=O) groups is 2. The highest BCUT2D eigenvalue weighted by atomic mass is 32.2. The van der Waals surface area contributed by atoms with Gasteiger partial charge in [-0.1, -0.05) is 18.7 Å². The van der Waals surface area contributed by atoms with Crippen molar-refractivity contribution < 1.29 is 14.3 Å². The van der Waals surface area contributed by atoms with E-state index >= 15 is 0 Å². The van der Waals surface area contributed by atoms with E-state index in [-0.39, 0.29) is 17.6 Å². The summed E-state index contributed by atoms with van der Waals surface area (Å²) in [6, 6.07) is 0. The first kappa shape index (κ1) is 18.9. The third-order valence-electron chi connectivity index (χ3n) is 4.41. The van der Waals surface area contributed by atoms with Crippen LogP contribution in [-0.4, -0.2) is 39.5 Å². The number of hydrogen-bond donors (Lipinski definition) is 1. The van der Waals surface area contributed by atoms with Gasteiger partial charge in [-0.05, 0) is 37.7 Å². The smallest absolute Gasteiger partial charge is 0.341 e. The van der Waals surface area contributed by atoms with Crippen molar-refractivity contribution >= 4 is 40.0 Å². The Bertz CT molecular complexity index is 815. The number of thioether (sulfide) groups is 1. The minimum absolute atomic E-state index is 0.169. The van der Waals surface area contributed by atoms with Crippen molar-refractivity contribution in [3.63, 3.8) is 0 Å². The molecule has 0 saturated heterocycles. The van der Waals surface area contributed by atoms with Gasteiger partial charge in [0.25, 0.3) is 0 Å². The topological polar surface area (TPSA) is 86.1 Å². The Morgan fingerprint density at radius 1 is 1.50 bits per heavy atom. The van der Waals surface area contributed by atoms with Crippen molar-refractivity contribution in [2.24, 2.45) is 5.92 Å². The number of amides is 1. The number of aryl methyl sites for hydroxylation is 1. The Kier molecular flexibility index (Phi) is 5.98. The molecule has 1 atom stereocenters. The number of rotatable bonds is 6. The van der Waals surface area contributed by atoms with Crippen molar-refractivity contribution in [2.45, 2.75) is 44.8 Å². The van der Waals surface area contributed by atoms with Gasteiger partial charge in [0.1, 0.15) is 11.3 Å². The molecule has 26 heavy (non-hydrogen) atoms. The summed E-state index contributed by atoms with van der Waals surface area (Å²) in [5.41, 5.74) is 1.56. The van der Waals surface area contributed by atoms with Crippen molar-refractivity contribution in [1.82, 2.24) is 14.8 Å². The summed E-state index contributed by atoms with van der Waals surface area (Å²) in [5.74, 6) is 0.243. The quantitative estimate of drug-likeness (QED) is 0.599. The summed E-state index contributed by atoms with van der Waals surface area (Å²) in [4.78, 5) is 25.9. The molecule has 0 radical (unpaired) electrons. The van der Waals surface area contributed by atoms with Gasteiger partial charge in [0.15, 0.2) is 5.16 Å². The number of carbonyl (C=O) groups excluding carboxylic acids is 2. The summed E-state index contributed by atoms with van der Waals surface area (Å²) >= 11 is 2.82. The lowest BCUT2D eigenvalue weighted by Gasteiger charge is -2.18. The molecule has 1 aliphatic rings. The van der Waals surface area contributed by atoms with E-state index in [2.05, 4.69) is 22.4 Å². The first-order chi connectivity index (χ1) is 12.5. The number of hydrogen-bond acceptors (Lipinski definition) is 7. The van der Waals surface area contributed by atoms with Crippen LogP contribution in [-0.2, 0) is 28.9 Å². The fourth-order valence-electron chi connectivity index (χ4n) is 3.02. The molecule has 0 fully saturated rings. The molecule has 0 aromatic carbocycles. The maximum atomic E-state index is 12.4. The monoisotopic (exact) mass is 394 g/mol. The average Bonchev–Trinajstić information content (AvgIpc) is 3.22. The molecule has 0 spiro atoms. The van der Waals surface area contributed by atoms with Crippen molar-refractivity contribution in [3.8, 4) is 0 Å². The highest BCUT2D eigenvalue weighted by Crippen LogP contribution is 2.40. The molecule has 2 aromatic heterocycles. The lowest BCUT2D eigenvalue weighted by Crippen LogP contribution is -2.17. The minimum atomic E-state index is -0.384. The second kappa shape index (κ2) is 8.22.